The number of hydrogen-bond acceptors (Lipinski definition) is 2. The molecular weight excluding hydrogens is 176 g/mol. The van der Waals surface area contributed by atoms with Gasteiger partial charge in [0.05, 0.1) is 13.2 Å². The third-order valence-corrected chi connectivity index (χ3v) is 1.57. The van der Waals surface area contributed by atoms with E-state index in [-0.39, 0.29) is 13.2 Å². The van der Waals surface area contributed by atoms with Crippen molar-refractivity contribution in [2.75, 3.05) is 26.2 Å². The lowest BCUT2D eigenvalue weighted by Crippen LogP contribution is -2.31. The molecule has 0 amide bonds. The van der Waals surface area contributed by atoms with Crippen LogP contribution in [-0.4, -0.2) is 42.7 Å². The summed E-state index contributed by atoms with van der Waals surface area (Å²) in [6.45, 7) is 4.26. The molecule has 0 rings (SSSR count). The van der Waals surface area contributed by atoms with Gasteiger partial charge in [0.1, 0.15) is 0 Å². The van der Waals surface area contributed by atoms with E-state index in [1.54, 1.807) is 0 Å². The van der Waals surface area contributed by atoms with Crippen LogP contribution in [-0.2, 0) is 0 Å². The predicted molar refractivity (Wildman–Crippen MR) is 49.0 cm³/mol. The van der Waals surface area contributed by atoms with Gasteiger partial charge in [-0.15, -0.1) is 0 Å². The summed E-state index contributed by atoms with van der Waals surface area (Å²) >= 11 is 0. The number of allylic oxidation sites excluding steroid dienone is 1. The maximum absolute atomic E-state index is 12.0. The van der Waals surface area contributed by atoms with Crippen molar-refractivity contribution >= 4 is 0 Å². The minimum atomic E-state index is -2.34. The molecule has 0 spiro atoms. The number of aliphatic hydroxyl groups excluding tert-OH is 1. The van der Waals surface area contributed by atoms with Gasteiger partial charge in [0.25, 0.3) is 6.43 Å². The minimum absolute atomic E-state index is 0.0800. The fourth-order valence-corrected chi connectivity index (χ4v) is 0.905. The number of rotatable bonds is 6. The Morgan fingerprint density at radius 3 is 2.46 bits per heavy atom. The van der Waals surface area contributed by atoms with Crippen LogP contribution in [0.3, 0.4) is 0 Å². The van der Waals surface area contributed by atoms with E-state index in [0.717, 1.165) is 5.57 Å². The van der Waals surface area contributed by atoms with E-state index < -0.39 is 6.43 Å². The first-order chi connectivity index (χ1) is 6.06. The average Bonchev–Trinajstić information content (AvgIpc) is 1.99. The average molecular weight is 193 g/mol. The van der Waals surface area contributed by atoms with Crippen molar-refractivity contribution in [3.05, 3.63) is 11.6 Å². The van der Waals surface area contributed by atoms with Crippen molar-refractivity contribution in [3.8, 4) is 0 Å². The molecule has 0 aromatic heterocycles. The highest BCUT2D eigenvalue weighted by atomic mass is 19.3. The molecule has 13 heavy (non-hydrogen) atoms. The summed E-state index contributed by atoms with van der Waals surface area (Å²) in [5.41, 5.74) is 1.09. The van der Waals surface area contributed by atoms with Crippen molar-refractivity contribution in [2.45, 2.75) is 20.3 Å². The van der Waals surface area contributed by atoms with Gasteiger partial charge in [0.15, 0.2) is 0 Å². The van der Waals surface area contributed by atoms with Crippen LogP contribution in [0.5, 0.6) is 0 Å². The summed E-state index contributed by atoms with van der Waals surface area (Å²) in [5.74, 6) is 0. The zero-order valence-electron chi connectivity index (χ0n) is 8.13. The van der Waals surface area contributed by atoms with Crippen LogP contribution in [0, 0.1) is 0 Å². The SMILES string of the molecule is CC(C)=CCN(CCO)CC(F)F. The highest BCUT2D eigenvalue weighted by molar-refractivity contribution is 4.94. The van der Waals surface area contributed by atoms with Crippen LogP contribution < -0.4 is 0 Å². The van der Waals surface area contributed by atoms with Crippen molar-refractivity contribution < 1.29 is 13.9 Å². The van der Waals surface area contributed by atoms with Crippen LogP contribution in [0.4, 0.5) is 8.78 Å². The van der Waals surface area contributed by atoms with Crippen LogP contribution >= 0.6 is 0 Å². The normalized spacial score (nSPS) is 11.0. The Balaban J connectivity index is 3.86. The second kappa shape index (κ2) is 6.97. The molecule has 0 heterocycles. The van der Waals surface area contributed by atoms with Crippen LogP contribution in [0.2, 0.25) is 0 Å². The van der Waals surface area contributed by atoms with E-state index in [9.17, 15) is 8.78 Å². The van der Waals surface area contributed by atoms with E-state index in [0.29, 0.717) is 13.1 Å². The minimum Gasteiger partial charge on any atom is -0.395 e. The van der Waals surface area contributed by atoms with E-state index in [4.69, 9.17) is 5.11 Å². The second-order valence-corrected chi connectivity index (χ2v) is 3.16. The second-order valence-electron chi connectivity index (χ2n) is 3.16. The molecule has 4 heteroatoms. The van der Waals surface area contributed by atoms with Gasteiger partial charge in [-0.25, -0.2) is 8.78 Å². The molecule has 0 unspecified atom stereocenters. The van der Waals surface area contributed by atoms with Gasteiger partial charge in [0.2, 0.25) is 0 Å². The van der Waals surface area contributed by atoms with Crippen molar-refractivity contribution in [2.24, 2.45) is 0 Å². The Morgan fingerprint density at radius 2 is 2.08 bits per heavy atom. The van der Waals surface area contributed by atoms with Gasteiger partial charge < -0.3 is 5.11 Å². The summed E-state index contributed by atoms with van der Waals surface area (Å²) in [6, 6.07) is 0. The zero-order valence-corrected chi connectivity index (χ0v) is 8.13. The smallest absolute Gasteiger partial charge is 0.251 e. The number of hydrogen-bond donors (Lipinski definition) is 1. The fraction of sp³-hybridized carbons (Fsp3) is 0.778. The summed E-state index contributed by atoms with van der Waals surface area (Å²) < 4.78 is 24.0. The van der Waals surface area contributed by atoms with E-state index >= 15 is 0 Å². The third kappa shape index (κ3) is 7.87. The molecule has 0 saturated carbocycles. The first-order valence-electron chi connectivity index (χ1n) is 4.31. The fourth-order valence-electron chi connectivity index (χ4n) is 0.905. The van der Waals surface area contributed by atoms with Gasteiger partial charge in [-0.2, -0.15) is 0 Å². The molecule has 0 aromatic rings. The van der Waals surface area contributed by atoms with Crippen LogP contribution in [0.15, 0.2) is 11.6 Å². The lowest BCUT2D eigenvalue weighted by Gasteiger charge is -2.18. The van der Waals surface area contributed by atoms with Crippen molar-refractivity contribution in [1.82, 2.24) is 4.90 Å². The van der Waals surface area contributed by atoms with Gasteiger partial charge in [-0.05, 0) is 13.8 Å². The lowest BCUT2D eigenvalue weighted by molar-refractivity contribution is 0.0843. The predicted octanol–water partition coefficient (Wildman–Crippen LogP) is 1.51. The zero-order chi connectivity index (χ0) is 10.3. The van der Waals surface area contributed by atoms with Crippen molar-refractivity contribution in [3.63, 3.8) is 0 Å². The maximum Gasteiger partial charge on any atom is 0.251 e. The highest BCUT2D eigenvalue weighted by Crippen LogP contribution is 1.99. The summed E-state index contributed by atoms with van der Waals surface area (Å²) in [4.78, 5) is 1.53. The molecule has 78 valence electrons. The summed E-state index contributed by atoms with van der Waals surface area (Å²) in [5, 5.41) is 8.61. The molecule has 0 atom stereocenters. The molecule has 0 aliphatic rings. The Labute approximate surface area is 77.9 Å². The third-order valence-electron chi connectivity index (χ3n) is 1.57. The van der Waals surface area contributed by atoms with Gasteiger partial charge in [-0.3, -0.25) is 4.90 Å². The standard InChI is InChI=1S/C9H17F2NO/c1-8(2)3-4-12(5-6-13)7-9(10)11/h3,9,13H,4-7H2,1-2H3. The Kier molecular flexibility index (Phi) is 6.72. The molecular formula is C9H17F2NO. The summed E-state index contributed by atoms with van der Waals surface area (Å²) in [7, 11) is 0. The Hall–Kier alpha value is -0.480. The number of halogens is 2. The van der Waals surface area contributed by atoms with Gasteiger partial charge in [-0.1, -0.05) is 11.6 Å². The molecule has 0 aromatic carbocycles. The maximum atomic E-state index is 12.0. The molecule has 0 radical (unpaired) electrons. The lowest BCUT2D eigenvalue weighted by atomic mass is 10.3. The van der Waals surface area contributed by atoms with E-state index in [2.05, 4.69) is 0 Å². The summed E-state index contributed by atoms with van der Waals surface area (Å²) in [6.07, 6.45) is -0.463. The molecule has 0 aliphatic heterocycles. The Morgan fingerprint density at radius 1 is 1.46 bits per heavy atom. The topological polar surface area (TPSA) is 23.5 Å². The molecule has 0 fully saturated rings. The number of aliphatic hydroxyl groups is 1. The quantitative estimate of drug-likeness (QED) is 0.646. The van der Waals surface area contributed by atoms with Gasteiger partial charge >= 0.3 is 0 Å². The Bertz CT molecular complexity index is 156. The van der Waals surface area contributed by atoms with Crippen LogP contribution in [0.25, 0.3) is 0 Å². The van der Waals surface area contributed by atoms with Crippen LogP contribution in [0.1, 0.15) is 13.8 Å². The molecule has 0 bridgehead atoms. The number of nitrogens with zero attached hydrogens (tertiary/aromatic N) is 1. The van der Waals surface area contributed by atoms with Gasteiger partial charge in [0, 0.05) is 13.1 Å². The highest BCUT2D eigenvalue weighted by Gasteiger charge is 2.09. The molecule has 1 N–H and O–H groups in total. The molecule has 2 nitrogen and oxygen atoms in total. The van der Waals surface area contributed by atoms with E-state index in [1.165, 1.54) is 4.90 Å². The van der Waals surface area contributed by atoms with Crippen molar-refractivity contribution in [1.29, 1.82) is 0 Å². The van der Waals surface area contributed by atoms with E-state index in [1.807, 2.05) is 19.9 Å². The first-order valence-corrected chi connectivity index (χ1v) is 4.31. The molecule has 0 saturated heterocycles. The first kappa shape index (κ1) is 12.5. The largest absolute Gasteiger partial charge is 0.395 e. The monoisotopic (exact) mass is 193 g/mol. The number of alkyl halides is 2. The molecule has 0 aliphatic carbocycles.